The quantitative estimate of drug-likeness (QED) is 0.867. The maximum atomic E-state index is 12.1. The molecule has 0 unspecified atom stereocenters. The van der Waals surface area contributed by atoms with E-state index in [1.807, 2.05) is 0 Å². The van der Waals surface area contributed by atoms with Crippen LogP contribution >= 0.6 is 11.6 Å². The largest absolute Gasteiger partial charge is 0.322 e. The first-order valence-electron chi connectivity index (χ1n) is 5.73. The average molecular weight is 274 g/mol. The number of hydrogen-bond donors (Lipinski definition) is 1. The van der Waals surface area contributed by atoms with Crippen molar-refractivity contribution in [2.45, 2.75) is 6.92 Å². The van der Waals surface area contributed by atoms with Gasteiger partial charge in [0.1, 0.15) is 6.29 Å². The number of benzene rings is 2. The average Bonchev–Trinajstić information content (AvgIpc) is 2.42. The predicted octanol–water partition coefficient (Wildman–Crippen LogP) is 3.71. The van der Waals surface area contributed by atoms with Crippen LogP contribution in [0.1, 0.15) is 26.3 Å². The summed E-state index contributed by atoms with van der Waals surface area (Å²) in [5, 5.41) is 3.32. The molecular weight excluding hydrogens is 262 g/mol. The molecule has 0 aliphatic carbocycles. The van der Waals surface area contributed by atoms with Crippen molar-refractivity contribution in [3.8, 4) is 0 Å². The summed E-state index contributed by atoms with van der Waals surface area (Å²) in [4.78, 5) is 22.6. The number of halogens is 1. The molecule has 0 bridgehead atoms. The third-order valence-electron chi connectivity index (χ3n) is 2.82. The van der Waals surface area contributed by atoms with Crippen molar-refractivity contribution in [3.05, 3.63) is 64.2 Å². The molecule has 0 aliphatic rings. The van der Waals surface area contributed by atoms with E-state index in [0.717, 1.165) is 11.8 Å². The van der Waals surface area contributed by atoms with E-state index in [2.05, 4.69) is 5.32 Å². The number of hydrogen-bond acceptors (Lipinski definition) is 2. The molecule has 0 spiro atoms. The third-order valence-corrected chi connectivity index (χ3v) is 3.23. The van der Waals surface area contributed by atoms with Crippen LogP contribution in [-0.4, -0.2) is 12.2 Å². The van der Waals surface area contributed by atoms with E-state index in [-0.39, 0.29) is 5.91 Å². The molecule has 19 heavy (non-hydrogen) atoms. The summed E-state index contributed by atoms with van der Waals surface area (Å²) in [5.41, 5.74) is 2.48. The van der Waals surface area contributed by atoms with E-state index in [9.17, 15) is 9.59 Å². The highest BCUT2D eigenvalue weighted by molar-refractivity contribution is 6.32. The zero-order valence-corrected chi connectivity index (χ0v) is 11.1. The Bertz CT molecular complexity index is 621. The standard InChI is InChI=1S/C15H12ClNO2/c1-10-13(3-2-4-14(10)16)15(19)17-12-7-5-11(9-18)6-8-12/h2-9H,1H3,(H,17,19). The van der Waals surface area contributed by atoms with Gasteiger partial charge in [0.05, 0.1) is 0 Å². The van der Waals surface area contributed by atoms with Gasteiger partial charge in [0, 0.05) is 21.8 Å². The van der Waals surface area contributed by atoms with Gasteiger partial charge in [-0.1, -0.05) is 17.7 Å². The van der Waals surface area contributed by atoms with Crippen molar-refractivity contribution in [2.24, 2.45) is 0 Å². The Morgan fingerprint density at radius 3 is 2.47 bits per heavy atom. The van der Waals surface area contributed by atoms with Gasteiger partial charge in [0.2, 0.25) is 0 Å². The number of anilines is 1. The van der Waals surface area contributed by atoms with Gasteiger partial charge in [-0.25, -0.2) is 0 Å². The van der Waals surface area contributed by atoms with E-state index < -0.39 is 0 Å². The monoisotopic (exact) mass is 273 g/mol. The van der Waals surface area contributed by atoms with Crippen LogP contribution in [0.2, 0.25) is 5.02 Å². The van der Waals surface area contributed by atoms with Crippen molar-refractivity contribution in [1.82, 2.24) is 0 Å². The van der Waals surface area contributed by atoms with Crippen LogP contribution in [0.3, 0.4) is 0 Å². The molecule has 0 aliphatic heterocycles. The Balaban J connectivity index is 2.20. The van der Waals surface area contributed by atoms with Gasteiger partial charge in [-0.15, -0.1) is 0 Å². The smallest absolute Gasteiger partial charge is 0.255 e. The topological polar surface area (TPSA) is 46.2 Å². The first-order chi connectivity index (χ1) is 9.11. The van der Waals surface area contributed by atoms with Crippen LogP contribution in [0.4, 0.5) is 5.69 Å². The second-order valence-corrected chi connectivity index (χ2v) is 4.51. The highest BCUT2D eigenvalue weighted by Crippen LogP contribution is 2.20. The van der Waals surface area contributed by atoms with Crippen molar-refractivity contribution in [1.29, 1.82) is 0 Å². The number of aldehydes is 1. The maximum Gasteiger partial charge on any atom is 0.255 e. The summed E-state index contributed by atoms with van der Waals surface area (Å²) in [6.07, 6.45) is 0.757. The summed E-state index contributed by atoms with van der Waals surface area (Å²) >= 11 is 5.98. The zero-order valence-electron chi connectivity index (χ0n) is 10.3. The number of amides is 1. The molecule has 0 atom stereocenters. The molecule has 0 fully saturated rings. The summed E-state index contributed by atoms with van der Waals surface area (Å²) in [5.74, 6) is -0.223. The van der Waals surface area contributed by atoms with Gasteiger partial charge in [-0.2, -0.15) is 0 Å². The first-order valence-corrected chi connectivity index (χ1v) is 6.11. The van der Waals surface area contributed by atoms with Crippen LogP contribution in [0.15, 0.2) is 42.5 Å². The lowest BCUT2D eigenvalue weighted by atomic mass is 10.1. The fourth-order valence-electron chi connectivity index (χ4n) is 1.70. The maximum absolute atomic E-state index is 12.1. The predicted molar refractivity (Wildman–Crippen MR) is 76.0 cm³/mol. The minimum absolute atomic E-state index is 0.223. The van der Waals surface area contributed by atoms with Crippen molar-refractivity contribution in [3.63, 3.8) is 0 Å². The van der Waals surface area contributed by atoms with Gasteiger partial charge in [0.15, 0.2) is 0 Å². The van der Waals surface area contributed by atoms with Gasteiger partial charge < -0.3 is 5.32 Å². The number of carbonyl (C=O) groups excluding carboxylic acids is 2. The van der Waals surface area contributed by atoms with Crippen molar-refractivity contribution < 1.29 is 9.59 Å². The fourth-order valence-corrected chi connectivity index (χ4v) is 1.87. The molecular formula is C15H12ClNO2. The molecule has 0 radical (unpaired) electrons. The molecule has 2 aromatic rings. The molecule has 2 rings (SSSR count). The minimum Gasteiger partial charge on any atom is -0.322 e. The molecule has 1 amide bonds. The fraction of sp³-hybridized carbons (Fsp3) is 0.0667. The molecule has 0 saturated carbocycles. The van der Waals surface area contributed by atoms with E-state index in [4.69, 9.17) is 11.6 Å². The summed E-state index contributed by atoms with van der Waals surface area (Å²) < 4.78 is 0. The Morgan fingerprint density at radius 1 is 1.16 bits per heavy atom. The molecule has 0 aromatic heterocycles. The van der Waals surface area contributed by atoms with E-state index in [1.165, 1.54) is 0 Å². The molecule has 0 heterocycles. The zero-order chi connectivity index (χ0) is 13.8. The van der Waals surface area contributed by atoms with Gasteiger partial charge in [0.25, 0.3) is 5.91 Å². The lowest BCUT2D eigenvalue weighted by molar-refractivity contribution is 0.102. The summed E-state index contributed by atoms with van der Waals surface area (Å²) in [6.45, 7) is 1.80. The van der Waals surface area contributed by atoms with Crippen molar-refractivity contribution >= 4 is 29.5 Å². The number of nitrogens with one attached hydrogen (secondary N) is 1. The second kappa shape index (κ2) is 5.67. The molecule has 2 aromatic carbocycles. The van der Waals surface area contributed by atoms with Crippen LogP contribution in [0.5, 0.6) is 0 Å². The lowest BCUT2D eigenvalue weighted by Gasteiger charge is -2.08. The van der Waals surface area contributed by atoms with Crippen LogP contribution in [0, 0.1) is 6.92 Å². The van der Waals surface area contributed by atoms with Gasteiger partial charge in [-0.3, -0.25) is 9.59 Å². The van der Waals surface area contributed by atoms with E-state index in [1.54, 1.807) is 49.4 Å². The second-order valence-electron chi connectivity index (χ2n) is 4.11. The van der Waals surface area contributed by atoms with Gasteiger partial charge >= 0.3 is 0 Å². The molecule has 96 valence electrons. The first kappa shape index (κ1) is 13.3. The van der Waals surface area contributed by atoms with Crippen LogP contribution in [-0.2, 0) is 0 Å². The van der Waals surface area contributed by atoms with Crippen LogP contribution in [0.25, 0.3) is 0 Å². The minimum atomic E-state index is -0.223. The Morgan fingerprint density at radius 2 is 1.84 bits per heavy atom. The highest BCUT2D eigenvalue weighted by atomic mass is 35.5. The Labute approximate surface area is 116 Å². The SMILES string of the molecule is Cc1c(Cl)cccc1C(=O)Nc1ccc(C=O)cc1. The Hall–Kier alpha value is -2.13. The highest BCUT2D eigenvalue weighted by Gasteiger charge is 2.10. The Kier molecular flexibility index (Phi) is 3.97. The summed E-state index contributed by atoms with van der Waals surface area (Å²) in [6, 6.07) is 11.9. The van der Waals surface area contributed by atoms with E-state index in [0.29, 0.717) is 21.8 Å². The molecule has 4 heteroatoms. The van der Waals surface area contributed by atoms with E-state index >= 15 is 0 Å². The lowest BCUT2D eigenvalue weighted by Crippen LogP contribution is -2.13. The molecule has 3 nitrogen and oxygen atoms in total. The molecule has 0 saturated heterocycles. The normalized spacial score (nSPS) is 10.0. The van der Waals surface area contributed by atoms with Gasteiger partial charge in [-0.05, 0) is 48.9 Å². The number of rotatable bonds is 3. The van der Waals surface area contributed by atoms with Crippen LogP contribution < -0.4 is 5.32 Å². The molecule has 1 N–H and O–H groups in total. The third kappa shape index (κ3) is 3.01. The number of carbonyl (C=O) groups is 2. The van der Waals surface area contributed by atoms with Crippen molar-refractivity contribution in [2.75, 3.05) is 5.32 Å². The summed E-state index contributed by atoms with van der Waals surface area (Å²) in [7, 11) is 0.